The fourth-order valence-electron chi connectivity index (χ4n) is 0.901. The molecule has 7 nitrogen and oxygen atoms in total. The summed E-state index contributed by atoms with van der Waals surface area (Å²) in [7, 11) is 0. The van der Waals surface area contributed by atoms with E-state index < -0.39 is 0 Å². The van der Waals surface area contributed by atoms with Crippen LogP contribution < -0.4 is 28.1 Å². The predicted octanol–water partition coefficient (Wildman–Crippen LogP) is -0.753. The zero-order valence-electron chi connectivity index (χ0n) is 9.52. The molecule has 9 heteroatoms. The van der Waals surface area contributed by atoms with Gasteiger partial charge in [0.2, 0.25) is 0 Å². The lowest BCUT2D eigenvalue weighted by atomic mass is 10.1. The Balaban J connectivity index is 4.85. The lowest BCUT2D eigenvalue weighted by Crippen LogP contribution is -2.27. The topological polar surface area (TPSA) is 127 Å². The number of nitrogens with zero attached hydrogens (tertiary/aromatic N) is 2. The van der Waals surface area contributed by atoms with Gasteiger partial charge in [0.05, 0.1) is 11.4 Å². The van der Waals surface area contributed by atoms with Crippen molar-refractivity contribution >= 4 is 46.1 Å². The van der Waals surface area contributed by atoms with Gasteiger partial charge in [-0.2, -0.15) is 10.2 Å². The van der Waals surface area contributed by atoms with Gasteiger partial charge in [-0.25, -0.2) is 0 Å². The minimum absolute atomic E-state index is 0.0663. The Bertz CT molecular complexity index is 363. The quantitative estimate of drug-likeness (QED) is 0.259. The molecule has 0 aromatic rings. The SMILES string of the molecule is CC(=NNC(N)=S)C(=CN)C(C)=NNC(N)=S. The lowest BCUT2D eigenvalue weighted by Gasteiger charge is -2.06. The fraction of sp³-hybridized carbons (Fsp3) is 0.250. The van der Waals surface area contributed by atoms with E-state index in [0.29, 0.717) is 17.0 Å². The Kier molecular flexibility index (Phi) is 6.75. The van der Waals surface area contributed by atoms with Crippen LogP contribution in [0.3, 0.4) is 0 Å². The summed E-state index contributed by atoms with van der Waals surface area (Å²) in [6.07, 6.45) is 1.36. The Hall–Kier alpha value is -1.74. The average molecular weight is 273 g/mol. The van der Waals surface area contributed by atoms with Crippen molar-refractivity contribution in [2.75, 3.05) is 0 Å². The molecule has 8 N–H and O–H groups in total. The van der Waals surface area contributed by atoms with E-state index in [0.717, 1.165) is 0 Å². The van der Waals surface area contributed by atoms with Gasteiger partial charge >= 0.3 is 0 Å². The number of allylic oxidation sites excluding steroid dienone is 1. The predicted molar refractivity (Wildman–Crippen MR) is 78.3 cm³/mol. The number of rotatable bonds is 4. The molecule has 0 fully saturated rings. The highest BCUT2D eigenvalue weighted by Gasteiger charge is 2.06. The Morgan fingerprint density at radius 2 is 1.35 bits per heavy atom. The third-order valence-electron chi connectivity index (χ3n) is 1.61. The molecule has 0 bridgehead atoms. The molecule has 0 saturated heterocycles. The summed E-state index contributed by atoms with van der Waals surface area (Å²) >= 11 is 9.24. The van der Waals surface area contributed by atoms with Crippen LogP contribution >= 0.6 is 24.4 Å². The summed E-state index contributed by atoms with van der Waals surface area (Å²) < 4.78 is 0. The summed E-state index contributed by atoms with van der Waals surface area (Å²) in [5.74, 6) is 0. The van der Waals surface area contributed by atoms with Crippen molar-refractivity contribution in [1.29, 1.82) is 0 Å². The van der Waals surface area contributed by atoms with Crippen LogP contribution in [0.4, 0.5) is 0 Å². The largest absolute Gasteiger partial charge is 0.404 e. The first-order valence-electron chi connectivity index (χ1n) is 4.50. The normalized spacial score (nSPS) is 11.6. The zero-order chi connectivity index (χ0) is 13.4. The summed E-state index contributed by atoms with van der Waals surface area (Å²) in [5.41, 5.74) is 22.6. The highest BCUT2D eigenvalue weighted by molar-refractivity contribution is 7.80. The van der Waals surface area contributed by atoms with E-state index in [1.165, 1.54) is 6.20 Å². The first-order valence-corrected chi connectivity index (χ1v) is 5.32. The standard InChI is InChI=1S/C8H15N7S2/c1-4(12-14-7(10)16)6(3-9)5(2)13-15-8(11)17/h3H,9H2,1-2H3,(H3,10,14,16)(H3,11,15,17). The minimum Gasteiger partial charge on any atom is -0.404 e. The van der Waals surface area contributed by atoms with Crippen molar-refractivity contribution in [3.05, 3.63) is 11.8 Å². The molecule has 0 amide bonds. The third kappa shape index (κ3) is 6.43. The molecule has 0 saturated carbocycles. The zero-order valence-corrected chi connectivity index (χ0v) is 11.2. The van der Waals surface area contributed by atoms with Gasteiger partial charge in [-0.3, -0.25) is 10.9 Å². The smallest absolute Gasteiger partial charge is 0.184 e. The summed E-state index contributed by atoms with van der Waals surface area (Å²) in [5, 5.41) is 7.98. The monoisotopic (exact) mass is 273 g/mol. The van der Waals surface area contributed by atoms with Gasteiger partial charge in [-0.15, -0.1) is 0 Å². The van der Waals surface area contributed by atoms with Crippen LogP contribution in [-0.2, 0) is 0 Å². The van der Waals surface area contributed by atoms with E-state index in [2.05, 4.69) is 45.5 Å². The molecular weight excluding hydrogens is 258 g/mol. The maximum Gasteiger partial charge on any atom is 0.184 e. The number of hydrazone groups is 2. The van der Waals surface area contributed by atoms with E-state index in [1.54, 1.807) is 13.8 Å². The molecule has 94 valence electrons. The van der Waals surface area contributed by atoms with Crippen molar-refractivity contribution in [2.45, 2.75) is 13.8 Å². The maximum absolute atomic E-state index is 5.48. The highest BCUT2D eigenvalue weighted by atomic mass is 32.1. The van der Waals surface area contributed by atoms with E-state index in [1.807, 2.05) is 0 Å². The summed E-state index contributed by atoms with van der Waals surface area (Å²) in [6, 6.07) is 0. The number of nitrogens with one attached hydrogen (secondary N) is 2. The Labute approximate surface area is 110 Å². The summed E-state index contributed by atoms with van der Waals surface area (Å²) in [4.78, 5) is 0. The van der Waals surface area contributed by atoms with Gasteiger partial charge in [0, 0.05) is 11.8 Å². The van der Waals surface area contributed by atoms with Crippen molar-refractivity contribution < 1.29 is 0 Å². The molecule has 0 radical (unpaired) electrons. The van der Waals surface area contributed by atoms with Gasteiger partial charge in [-0.1, -0.05) is 0 Å². The number of hydrogen-bond donors (Lipinski definition) is 5. The number of thiocarbonyl (C=S) groups is 2. The average Bonchev–Trinajstić information content (AvgIpc) is 2.24. The van der Waals surface area contributed by atoms with Crippen LogP contribution in [0.25, 0.3) is 0 Å². The van der Waals surface area contributed by atoms with Crippen molar-refractivity contribution in [1.82, 2.24) is 10.9 Å². The molecule has 0 unspecified atom stereocenters. The van der Waals surface area contributed by atoms with Crippen LogP contribution in [0, 0.1) is 0 Å². The fourth-order valence-corrected chi connectivity index (χ4v) is 0.993. The van der Waals surface area contributed by atoms with Crippen molar-refractivity contribution in [2.24, 2.45) is 27.4 Å². The minimum atomic E-state index is 0.0663. The molecule has 0 aromatic carbocycles. The Morgan fingerprint density at radius 1 is 1.00 bits per heavy atom. The van der Waals surface area contributed by atoms with Crippen LogP contribution in [0.5, 0.6) is 0 Å². The second-order valence-electron chi connectivity index (χ2n) is 2.93. The van der Waals surface area contributed by atoms with Crippen LogP contribution in [-0.4, -0.2) is 21.6 Å². The van der Waals surface area contributed by atoms with Gasteiger partial charge in [0.25, 0.3) is 0 Å². The molecule has 0 aliphatic heterocycles. The second-order valence-corrected chi connectivity index (χ2v) is 3.81. The maximum atomic E-state index is 5.48. The molecule has 0 rings (SSSR count). The third-order valence-corrected chi connectivity index (χ3v) is 1.80. The van der Waals surface area contributed by atoms with Gasteiger partial charge in [0.1, 0.15) is 0 Å². The number of hydrogen-bond acceptors (Lipinski definition) is 5. The van der Waals surface area contributed by atoms with E-state index in [4.69, 9.17) is 17.2 Å². The van der Waals surface area contributed by atoms with Crippen molar-refractivity contribution in [3.8, 4) is 0 Å². The van der Waals surface area contributed by atoms with Crippen LogP contribution in [0.2, 0.25) is 0 Å². The van der Waals surface area contributed by atoms with Gasteiger partial charge < -0.3 is 17.2 Å². The lowest BCUT2D eigenvalue weighted by molar-refractivity contribution is 1.02. The first-order chi connectivity index (χ1) is 7.88. The molecule has 0 atom stereocenters. The molecule has 0 aliphatic carbocycles. The van der Waals surface area contributed by atoms with Crippen LogP contribution in [0.15, 0.2) is 22.0 Å². The van der Waals surface area contributed by atoms with Crippen LogP contribution in [0.1, 0.15) is 13.8 Å². The molecule has 0 aromatic heterocycles. The molecule has 17 heavy (non-hydrogen) atoms. The summed E-state index contributed by atoms with van der Waals surface area (Å²) in [6.45, 7) is 3.45. The van der Waals surface area contributed by atoms with E-state index in [9.17, 15) is 0 Å². The Morgan fingerprint density at radius 3 is 1.59 bits per heavy atom. The highest BCUT2D eigenvalue weighted by Crippen LogP contribution is 1.99. The molecule has 0 spiro atoms. The van der Waals surface area contributed by atoms with E-state index in [-0.39, 0.29) is 10.2 Å². The second kappa shape index (κ2) is 7.52. The van der Waals surface area contributed by atoms with E-state index >= 15 is 0 Å². The molecular formula is C8H15N7S2. The first kappa shape index (κ1) is 15.3. The van der Waals surface area contributed by atoms with Gasteiger partial charge in [-0.05, 0) is 38.3 Å². The molecule has 0 aliphatic rings. The van der Waals surface area contributed by atoms with Crippen molar-refractivity contribution in [3.63, 3.8) is 0 Å². The van der Waals surface area contributed by atoms with Gasteiger partial charge in [0.15, 0.2) is 10.2 Å². The number of nitrogens with two attached hydrogens (primary N) is 3. The molecule has 0 heterocycles.